The third-order valence-electron chi connectivity index (χ3n) is 8.14. The number of rotatable bonds is 6. The molecule has 49 heavy (non-hydrogen) atoms. The van der Waals surface area contributed by atoms with Crippen LogP contribution in [0.4, 0.5) is 0 Å². The first-order chi connectivity index (χ1) is 23.9. The molecule has 1 aromatic heterocycles. The second-order valence-electron chi connectivity index (χ2n) is 11.2. The standard InChI is InChI=1S/C40H23N7O2/c41-21-24-1-7-27(8-2-24)38(30-13-15-32(44-30)39(34-17-19-36(48)46-34)28-9-3-25(22-42)4-10-28)31-14-16-33(45-31)40(35-18-20-37(49)47-35)29-11-5-26(23-43)6-12-29/h1-20,44H,(H,46,48)(H,47,49)/b38-31-,39-34-,40-35-. The molecule has 0 saturated heterocycles. The number of amides is 2. The van der Waals surface area contributed by atoms with Gasteiger partial charge in [-0.25, -0.2) is 4.99 Å². The van der Waals surface area contributed by atoms with Gasteiger partial charge in [0.15, 0.2) is 0 Å². The molecule has 3 aliphatic rings. The maximum atomic E-state index is 12.2. The Hall–Kier alpha value is -7.54. The summed E-state index contributed by atoms with van der Waals surface area (Å²) < 4.78 is 0. The molecule has 3 N–H and O–H groups in total. The van der Waals surface area contributed by atoms with E-state index in [2.05, 4.69) is 33.8 Å². The zero-order valence-corrected chi connectivity index (χ0v) is 25.7. The molecule has 7 rings (SSSR count). The van der Waals surface area contributed by atoms with E-state index < -0.39 is 0 Å². The van der Waals surface area contributed by atoms with Crippen LogP contribution in [0.2, 0.25) is 0 Å². The maximum Gasteiger partial charge on any atom is 0.248 e. The minimum atomic E-state index is -0.239. The van der Waals surface area contributed by atoms with Gasteiger partial charge < -0.3 is 15.6 Å². The highest BCUT2D eigenvalue weighted by molar-refractivity contribution is 6.32. The number of nitrogens with one attached hydrogen (secondary N) is 3. The van der Waals surface area contributed by atoms with E-state index in [1.165, 1.54) is 12.2 Å². The molecule has 0 radical (unpaired) electrons. The van der Waals surface area contributed by atoms with Crippen LogP contribution in [-0.4, -0.2) is 22.5 Å². The van der Waals surface area contributed by atoms with Crippen LogP contribution in [0, 0.1) is 34.0 Å². The number of hydrogen-bond acceptors (Lipinski definition) is 6. The van der Waals surface area contributed by atoms with E-state index in [9.17, 15) is 25.4 Å². The van der Waals surface area contributed by atoms with Crippen LogP contribution >= 0.6 is 0 Å². The smallest absolute Gasteiger partial charge is 0.248 e. The Morgan fingerprint density at radius 1 is 0.490 bits per heavy atom. The number of nitrogens with zero attached hydrogens (tertiary/aromatic N) is 4. The number of aliphatic imine (C=N–C) groups is 1. The molecular formula is C40H23N7O2. The Morgan fingerprint density at radius 3 is 1.37 bits per heavy atom. The number of nitriles is 3. The third kappa shape index (κ3) is 5.93. The van der Waals surface area contributed by atoms with Gasteiger partial charge in [0.1, 0.15) is 0 Å². The highest BCUT2D eigenvalue weighted by Gasteiger charge is 2.24. The summed E-state index contributed by atoms with van der Waals surface area (Å²) in [6, 6.07) is 31.7. The molecule has 0 fully saturated rings. The normalized spacial score (nSPS) is 17.5. The largest absolute Gasteiger partial charge is 0.354 e. The van der Waals surface area contributed by atoms with Crippen molar-refractivity contribution < 1.29 is 9.59 Å². The van der Waals surface area contributed by atoms with Crippen LogP contribution in [0.5, 0.6) is 0 Å². The third-order valence-corrected chi connectivity index (χ3v) is 8.14. The predicted molar refractivity (Wildman–Crippen MR) is 184 cm³/mol. The van der Waals surface area contributed by atoms with E-state index in [-0.39, 0.29) is 11.8 Å². The van der Waals surface area contributed by atoms with Crippen molar-refractivity contribution in [1.29, 1.82) is 15.8 Å². The Balaban J connectivity index is 1.39. The number of benzene rings is 3. The van der Waals surface area contributed by atoms with Gasteiger partial charge in [0.2, 0.25) is 11.8 Å². The van der Waals surface area contributed by atoms with Crippen molar-refractivity contribution in [2.24, 2.45) is 4.99 Å². The molecule has 0 atom stereocenters. The van der Waals surface area contributed by atoms with Gasteiger partial charge in [-0.05, 0) is 89.5 Å². The molecule has 3 aromatic carbocycles. The van der Waals surface area contributed by atoms with Crippen molar-refractivity contribution in [3.8, 4) is 18.2 Å². The van der Waals surface area contributed by atoms with Gasteiger partial charge in [-0.1, -0.05) is 36.4 Å². The number of hydrogen-bond donors (Lipinski definition) is 3. The summed E-state index contributed by atoms with van der Waals surface area (Å²) in [6.45, 7) is 0. The Kier molecular flexibility index (Phi) is 7.80. The van der Waals surface area contributed by atoms with Crippen LogP contribution in [-0.2, 0) is 9.59 Å². The molecule has 2 amide bonds. The second kappa shape index (κ2) is 12.7. The average molecular weight is 634 g/mol. The van der Waals surface area contributed by atoms with Gasteiger partial charge in [-0.15, -0.1) is 0 Å². The molecule has 3 aliphatic heterocycles. The van der Waals surface area contributed by atoms with Gasteiger partial charge in [0.05, 0.1) is 57.7 Å². The summed E-state index contributed by atoms with van der Waals surface area (Å²) in [5, 5.41) is 33.9. The summed E-state index contributed by atoms with van der Waals surface area (Å²) in [5.41, 5.74) is 10.0. The molecule has 0 unspecified atom stereocenters. The fourth-order valence-corrected chi connectivity index (χ4v) is 5.84. The molecule has 230 valence electrons. The van der Waals surface area contributed by atoms with Crippen LogP contribution in [0.25, 0.3) is 16.7 Å². The molecular weight excluding hydrogens is 610 g/mol. The van der Waals surface area contributed by atoms with E-state index in [0.717, 1.165) is 39.2 Å². The topological polar surface area (TPSA) is 158 Å². The van der Waals surface area contributed by atoms with Crippen molar-refractivity contribution in [1.82, 2.24) is 15.6 Å². The van der Waals surface area contributed by atoms with Gasteiger partial charge in [0, 0.05) is 40.3 Å². The van der Waals surface area contributed by atoms with Gasteiger partial charge >= 0.3 is 0 Å². The fourth-order valence-electron chi connectivity index (χ4n) is 5.84. The first kappa shape index (κ1) is 30.1. The van der Waals surface area contributed by atoms with Gasteiger partial charge in [-0.2, -0.15) is 15.8 Å². The van der Waals surface area contributed by atoms with Crippen LogP contribution in [0.1, 0.15) is 44.8 Å². The molecule has 0 spiro atoms. The predicted octanol–water partition coefficient (Wildman–Crippen LogP) is 5.94. The summed E-state index contributed by atoms with van der Waals surface area (Å²) in [4.78, 5) is 33.0. The molecule has 4 aromatic rings. The molecule has 9 heteroatoms. The summed E-state index contributed by atoms with van der Waals surface area (Å²) in [6.07, 6.45) is 10.1. The molecule has 0 saturated carbocycles. The Labute approximate surface area is 281 Å². The van der Waals surface area contributed by atoms with Crippen molar-refractivity contribution in [3.05, 3.63) is 183 Å². The summed E-state index contributed by atoms with van der Waals surface area (Å²) in [5.74, 6) is -0.469. The van der Waals surface area contributed by atoms with Crippen LogP contribution in [0.15, 0.2) is 143 Å². The minimum Gasteiger partial charge on any atom is -0.354 e. The number of carbonyl (C=O) groups excluding carboxylic acids is 2. The summed E-state index contributed by atoms with van der Waals surface area (Å²) in [7, 11) is 0. The van der Waals surface area contributed by atoms with Crippen molar-refractivity contribution in [2.75, 3.05) is 0 Å². The van der Waals surface area contributed by atoms with Crippen molar-refractivity contribution in [2.45, 2.75) is 0 Å². The van der Waals surface area contributed by atoms with Crippen molar-refractivity contribution in [3.63, 3.8) is 0 Å². The lowest BCUT2D eigenvalue weighted by Crippen LogP contribution is -2.16. The van der Waals surface area contributed by atoms with E-state index in [1.807, 2.05) is 60.7 Å². The lowest BCUT2D eigenvalue weighted by atomic mass is 9.98. The molecule has 4 heterocycles. The van der Waals surface area contributed by atoms with E-state index in [0.29, 0.717) is 45.1 Å². The highest BCUT2D eigenvalue weighted by atomic mass is 16.2. The lowest BCUT2D eigenvalue weighted by molar-refractivity contribution is -0.116. The monoisotopic (exact) mass is 633 g/mol. The zero-order chi connectivity index (χ0) is 33.9. The lowest BCUT2D eigenvalue weighted by Gasteiger charge is -2.13. The average Bonchev–Trinajstić information content (AvgIpc) is 3.97. The fraction of sp³-hybridized carbons (Fsp3) is 0. The first-order valence-corrected chi connectivity index (χ1v) is 15.1. The molecule has 0 aliphatic carbocycles. The Morgan fingerprint density at radius 2 is 0.918 bits per heavy atom. The number of allylic oxidation sites excluding steroid dienone is 5. The molecule has 9 nitrogen and oxygen atoms in total. The summed E-state index contributed by atoms with van der Waals surface area (Å²) >= 11 is 0. The minimum absolute atomic E-state index is 0.230. The van der Waals surface area contributed by atoms with E-state index in [1.54, 1.807) is 48.6 Å². The van der Waals surface area contributed by atoms with Gasteiger partial charge in [-0.3, -0.25) is 9.59 Å². The maximum absolute atomic E-state index is 12.2. The zero-order valence-electron chi connectivity index (χ0n) is 25.7. The van der Waals surface area contributed by atoms with Crippen LogP contribution in [0.3, 0.4) is 0 Å². The number of aromatic nitrogens is 1. The number of H-pyrrole nitrogens is 1. The Bertz CT molecular complexity index is 2410. The SMILES string of the molecule is N#Cc1ccc(/C(C2=N/C(=C(/c3ccc(C#N)cc3)c3ccc(/C(=C4/C=CC(=O)N4)c4ccc(C#N)cc4)[nH]3)C=C2)=C2\C=CC(=O)N2)cc1. The van der Waals surface area contributed by atoms with Gasteiger partial charge in [0.25, 0.3) is 0 Å². The van der Waals surface area contributed by atoms with E-state index in [4.69, 9.17) is 4.99 Å². The van der Waals surface area contributed by atoms with Crippen molar-refractivity contribution >= 4 is 34.2 Å². The number of carbonyl (C=O) groups is 2. The van der Waals surface area contributed by atoms with Crippen LogP contribution < -0.4 is 10.6 Å². The highest BCUT2D eigenvalue weighted by Crippen LogP contribution is 2.36. The second-order valence-corrected chi connectivity index (χ2v) is 11.2. The number of aromatic amines is 1. The quantitative estimate of drug-likeness (QED) is 0.239. The van der Waals surface area contributed by atoms with E-state index >= 15 is 0 Å². The molecule has 0 bridgehead atoms. The first-order valence-electron chi connectivity index (χ1n) is 15.1.